The summed E-state index contributed by atoms with van der Waals surface area (Å²) in [5.41, 5.74) is 2.72. The molecule has 2 heterocycles. The lowest BCUT2D eigenvalue weighted by Gasteiger charge is -2.17. The maximum atomic E-state index is 12.6. The van der Waals surface area contributed by atoms with Crippen molar-refractivity contribution in [3.05, 3.63) is 70.6 Å². The minimum atomic E-state index is -0.461. The number of rotatable bonds is 6. The van der Waals surface area contributed by atoms with Gasteiger partial charge in [0.2, 0.25) is 11.8 Å². The van der Waals surface area contributed by atoms with Crippen molar-refractivity contribution in [1.29, 1.82) is 0 Å². The molecule has 1 atom stereocenters. The summed E-state index contributed by atoms with van der Waals surface area (Å²) >= 11 is 0.894. The van der Waals surface area contributed by atoms with Crippen LogP contribution in [0.4, 0.5) is 10.5 Å². The van der Waals surface area contributed by atoms with Gasteiger partial charge in [0.1, 0.15) is 0 Å². The molecule has 4 rings (SSSR count). The maximum Gasteiger partial charge on any atom is 0.293 e. The summed E-state index contributed by atoms with van der Waals surface area (Å²) in [6, 6.07) is 16.9. The Morgan fingerprint density at radius 1 is 1.09 bits per heavy atom. The molecule has 7 nitrogen and oxygen atoms in total. The van der Waals surface area contributed by atoms with Gasteiger partial charge in [0.25, 0.3) is 11.1 Å². The van der Waals surface area contributed by atoms with E-state index in [1.807, 2.05) is 61.5 Å². The lowest BCUT2D eigenvalue weighted by atomic mass is 10.1. The van der Waals surface area contributed by atoms with Crippen LogP contribution in [-0.2, 0) is 14.4 Å². The van der Waals surface area contributed by atoms with E-state index < -0.39 is 5.92 Å². The van der Waals surface area contributed by atoms with E-state index in [2.05, 4.69) is 5.32 Å². The zero-order chi connectivity index (χ0) is 22.7. The summed E-state index contributed by atoms with van der Waals surface area (Å²) < 4.78 is 0. The number of anilines is 1. The Balaban J connectivity index is 1.30. The van der Waals surface area contributed by atoms with Crippen molar-refractivity contribution < 1.29 is 19.2 Å². The fourth-order valence-corrected chi connectivity index (χ4v) is 4.55. The molecule has 2 fully saturated rings. The Hall–Kier alpha value is -3.39. The molecule has 4 amide bonds. The second-order valence-electron chi connectivity index (χ2n) is 7.78. The molecule has 32 heavy (non-hydrogen) atoms. The number of hydrogen-bond acceptors (Lipinski definition) is 5. The van der Waals surface area contributed by atoms with Crippen molar-refractivity contribution in [3.63, 3.8) is 0 Å². The molecular formula is C24H23N3O4S. The topological polar surface area (TPSA) is 86.8 Å². The molecule has 2 aliphatic heterocycles. The van der Waals surface area contributed by atoms with E-state index in [9.17, 15) is 19.2 Å². The van der Waals surface area contributed by atoms with Crippen molar-refractivity contribution in [2.45, 2.75) is 13.3 Å². The van der Waals surface area contributed by atoms with E-state index in [1.165, 1.54) is 0 Å². The molecule has 0 saturated carbocycles. The van der Waals surface area contributed by atoms with Crippen LogP contribution in [-0.4, -0.2) is 47.5 Å². The molecule has 0 unspecified atom stereocenters. The van der Waals surface area contributed by atoms with Crippen LogP contribution in [0, 0.1) is 12.8 Å². The second kappa shape index (κ2) is 9.40. The molecular weight excluding hydrogens is 426 g/mol. The van der Waals surface area contributed by atoms with E-state index in [4.69, 9.17) is 0 Å². The number of nitrogens with zero attached hydrogens (tertiary/aromatic N) is 2. The van der Waals surface area contributed by atoms with Crippen LogP contribution >= 0.6 is 11.8 Å². The van der Waals surface area contributed by atoms with Crippen LogP contribution in [0.3, 0.4) is 0 Å². The number of nitrogens with one attached hydrogen (secondary N) is 1. The molecule has 2 aromatic rings. The van der Waals surface area contributed by atoms with Gasteiger partial charge in [-0.05, 0) is 42.5 Å². The van der Waals surface area contributed by atoms with Gasteiger partial charge < -0.3 is 10.2 Å². The zero-order valence-corrected chi connectivity index (χ0v) is 18.4. The lowest BCUT2D eigenvalue weighted by molar-refractivity contribution is -0.127. The summed E-state index contributed by atoms with van der Waals surface area (Å²) in [5.74, 6) is -1.16. The minimum Gasteiger partial charge on any atom is -0.354 e. The normalized spacial score (nSPS) is 19.8. The highest BCUT2D eigenvalue weighted by Crippen LogP contribution is 2.32. The zero-order valence-electron chi connectivity index (χ0n) is 17.6. The highest BCUT2D eigenvalue weighted by molar-refractivity contribution is 8.18. The highest BCUT2D eigenvalue weighted by atomic mass is 32.2. The molecule has 0 aromatic heterocycles. The lowest BCUT2D eigenvalue weighted by Crippen LogP contribution is -2.40. The predicted octanol–water partition coefficient (Wildman–Crippen LogP) is 3.20. The van der Waals surface area contributed by atoms with Crippen LogP contribution in [0.2, 0.25) is 0 Å². The molecule has 0 radical (unpaired) electrons. The number of benzene rings is 2. The first-order valence-corrected chi connectivity index (χ1v) is 11.2. The standard InChI is InChI=1S/C24H23N3O4S/c1-16-7-9-19(10-8-16)27-15-18(14-21(27)28)22(29)25-11-12-26-23(30)20(32-24(26)31)13-17-5-3-2-4-6-17/h2-10,13,18H,11-12,14-15H2,1H3,(H,25,29)/b20-13-/t18-/m0/s1. The number of carbonyl (C=O) groups excluding carboxylic acids is 4. The van der Waals surface area contributed by atoms with Crippen molar-refractivity contribution in [2.75, 3.05) is 24.5 Å². The third-order valence-electron chi connectivity index (χ3n) is 5.45. The third-order valence-corrected chi connectivity index (χ3v) is 6.35. The first kappa shape index (κ1) is 21.8. The summed E-state index contributed by atoms with van der Waals surface area (Å²) in [4.78, 5) is 52.9. The number of thioether (sulfide) groups is 1. The van der Waals surface area contributed by atoms with Gasteiger partial charge in [0.05, 0.1) is 10.8 Å². The molecule has 0 bridgehead atoms. The average Bonchev–Trinajstić information content (AvgIpc) is 3.29. The summed E-state index contributed by atoms with van der Waals surface area (Å²) in [6.07, 6.45) is 1.83. The van der Waals surface area contributed by atoms with Crippen LogP contribution in [0.15, 0.2) is 59.5 Å². The first-order valence-electron chi connectivity index (χ1n) is 10.4. The third kappa shape index (κ3) is 4.75. The Morgan fingerprint density at radius 2 is 1.81 bits per heavy atom. The Labute approximate surface area is 190 Å². The van der Waals surface area contributed by atoms with E-state index in [1.54, 1.807) is 11.0 Å². The van der Waals surface area contributed by atoms with Crippen molar-refractivity contribution in [3.8, 4) is 0 Å². The van der Waals surface area contributed by atoms with Gasteiger partial charge in [-0.3, -0.25) is 24.1 Å². The smallest absolute Gasteiger partial charge is 0.293 e. The molecule has 2 aromatic carbocycles. The average molecular weight is 450 g/mol. The van der Waals surface area contributed by atoms with Crippen molar-refractivity contribution >= 4 is 46.5 Å². The molecule has 0 aliphatic carbocycles. The second-order valence-corrected chi connectivity index (χ2v) is 8.77. The van der Waals surface area contributed by atoms with Crippen LogP contribution in [0.5, 0.6) is 0 Å². The van der Waals surface area contributed by atoms with Gasteiger partial charge in [-0.1, -0.05) is 48.0 Å². The van der Waals surface area contributed by atoms with Gasteiger partial charge in [0, 0.05) is 31.7 Å². The molecule has 1 N–H and O–H groups in total. The number of imide groups is 1. The number of aryl methyl sites for hydroxylation is 1. The van der Waals surface area contributed by atoms with E-state index >= 15 is 0 Å². The molecule has 2 saturated heterocycles. The van der Waals surface area contributed by atoms with Crippen molar-refractivity contribution in [1.82, 2.24) is 10.2 Å². The quantitative estimate of drug-likeness (QED) is 0.685. The Kier molecular flexibility index (Phi) is 6.41. The van der Waals surface area contributed by atoms with Gasteiger partial charge in [-0.2, -0.15) is 0 Å². The molecule has 8 heteroatoms. The highest BCUT2D eigenvalue weighted by Gasteiger charge is 2.36. The Morgan fingerprint density at radius 3 is 2.53 bits per heavy atom. The van der Waals surface area contributed by atoms with E-state index in [0.29, 0.717) is 11.4 Å². The van der Waals surface area contributed by atoms with E-state index in [-0.39, 0.29) is 42.5 Å². The fourth-order valence-electron chi connectivity index (χ4n) is 3.69. The van der Waals surface area contributed by atoms with Crippen LogP contribution in [0.1, 0.15) is 17.5 Å². The van der Waals surface area contributed by atoms with Crippen LogP contribution in [0.25, 0.3) is 6.08 Å². The maximum absolute atomic E-state index is 12.6. The number of amides is 4. The van der Waals surface area contributed by atoms with Crippen molar-refractivity contribution in [2.24, 2.45) is 5.92 Å². The largest absolute Gasteiger partial charge is 0.354 e. The SMILES string of the molecule is Cc1ccc(N2C[C@@H](C(=O)NCCN3C(=O)S/C(=C\c4ccccc4)C3=O)CC2=O)cc1. The Bertz CT molecular complexity index is 1080. The van der Waals surface area contributed by atoms with Crippen LogP contribution < -0.4 is 10.2 Å². The minimum absolute atomic E-state index is 0.0882. The van der Waals surface area contributed by atoms with Gasteiger partial charge in [0.15, 0.2) is 0 Å². The van der Waals surface area contributed by atoms with Gasteiger partial charge in [-0.15, -0.1) is 0 Å². The summed E-state index contributed by atoms with van der Waals surface area (Å²) in [6.45, 7) is 2.52. The summed E-state index contributed by atoms with van der Waals surface area (Å²) in [5, 5.41) is 2.41. The fraction of sp³-hybridized carbons (Fsp3) is 0.250. The molecule has 0 spiro atoms. The summed E-state index contributed by atoms with van der Waals surface area (Å²) in [7, 11) is 0. The van der Waals surface area contributed by atoms with Gasteiger partial charge >= 0.3 is 0 Å². The number of carbonyl (C=O) groups is 4. The predicted molar refractivity (Wildman–Crippen MR) is 124 cm³/mol. The number of hydrogen-bond donors (Lipinski definition) is 1. The molecule has 2 aliphatic rings. The first-order chi connectivity index (χ1) is 15.4. The molecule has 164 valence electrons. The monoisotopic (exact) mass is 449 g/mol. The van der Waals surface area contributed by atoms with Gasteiger partial charge in [-0.25, -0.2) is 0 Å². The van der Waals surface area contributed by atoms with E-state index in [0.717, 1.165) is 33.5 Å².